The quantitative estimate of drug-likeness (QED) is 0.437. The molecular formula is C16H12FN3O2. The van der Waals surface area contributed by atoms with Crippen LogP contribution in [0, 0.1) is 5.82 Å². The summed E-state index contributed by atoms with van der Waals surface area (Å²) in [6, 6.07) is 13.2. The van der Waals surface area contributed by atoms with Crippen molar-refractivity contribution in [2.24, 2.45) is 5.16 Å². The van der Waals surface area contributed by atoms with E-state index in [1.54, 1.807) is 6.20 Å². The molecule has 5 nitrogen and oxygen atoms in total. The van der Waals surface area contributed by atoms with E-state index in [1.165, 1.54) is 30.5 Å². The van der Waals surface area contributed by atoms with Gasteiger partial charge in [0.1, 0.15) is 5.82 Å². The third-order valence-corrected chi connectivity index (χ3v) is 3.03. The smallest absolute Gasteiger partial charge is 0.359 e. The number of nitrogens with zero attached hydrogens (tertiary/aromatic N) is 1. The van der Waals surface area contributed by atoms with Crippen molar-refractivity contribution in [3.63, 3.8) is 0 Å². The topological polar surface area (TPSA) is 66.5 Å². The van der Waals surface area contributed by atoms with E-state index < -0.39 is 6.09 Å². The first kappa shape index (κ1) is 13.8. The second-order valence-electron chi connectivity index (χ2n) is 4.54. The van der Waals surface area contributed by atoms with Gasteiger partial charge in [0.15, 0.2) is 0 Å². The molecule has 3 rings (SSSR count). The molecule has 22 heavy (non-hydrogen) atoms. The lowest BCUT2D eigenvalue weighted by atomic mass is 10.2. The van der Waals surface area contributed by atoms with E-state index in [1.807, 2.05) is 24.3 Å². The van der Waals surface area contributed by atoms with Gasteiger partial charge in [0.25, 0.3) is 0 Å². The summed E-state index contributed by atoms with van der Waals surface area (Å²) < 4.78 is 12.7. The first-order valence-electron chi connectivity index (χ1n) is 6.55. The maximum atomic E-state index is 12.7. The zero-order valence-electron chi connectivity index (χ0n) is 11.4. The Morgan fingerprint density at radius 3 is 2.77 bits per heavy atom. The van der Waals surface area contributed by atoms with Crippen LogP contribution in [-0.4, -0.2) is 17.3 Å². The van der Waals surface area contributed by atoms with Gasteiger partial charge in [0.2, 0.25) is 0 Å². The first-order valence-corrected chi connectivity index (χ1v) is 6.55. The van der Waals surface area contributed by atoms with E-state index >= 15 is 0 Å². The van der Waals surface area contributed by atoms with Crippen LogP contribution >= 0.6 is 0 Å². The molecule has 1 heterocycles. The van der Waals surface area contributed by atoms with Gasteiger partial charge in [0.05, 0.1) is 11.9 Å². The summed E-state index contributed by atoms with van der Waals surface area (Å²) in [5, 5.41) is 7.03. The zero-order chi connectivity index (χ0) is 15.4. The Balaban J connectivity index is 1.62. The van der Waals surface area contributed by atoms with Gasteiger partial charge >= 0.3 is 6.09 Å². The molecular weight excluding hydrogens is 285 g/mol. The molecule has 0 fully saturated rings. The number of para-hydroxylation sites is 1. The Morgan fingerprint density at radius 2 is 1.95 bits per heavy atom. The molecule has 0 unspecified atom stereocenters. The predicted octanol–water partition coefficient (Wildman–Crippen LogP) is 3.89. The Kier molecular flexibility index (Phi) is 3.82. The van der Waals surface area contributed by atoms with Crippen molar-refractivity contribution in [3.8, 4) is 0 Å². The fourth-order valence-electron chi connectivity index (χ4n) is 1.99. The molecule has 110 valence electrons. The fourth-order valence-corrected chi connectivity index (χ4v) is 1.99. The highest BCUT2D eigenvalue weighted by Gasteiger charge is 2.07. The summed E-state index contributed by atoms with van der Waals surface area (Å²) in [5.74, 6) is -0.338. The molecule has 1 aromatic heterocycles. The predicted molar refractivity (Wildman–Crippen MR) is 82.4 cm³/mol. The maximum Gasteiger partial charge on any atom is 0.437 e. The van der Waals surface area contributed by atoms with Gasteiger partial charge < -0.3 is 4.98 Å². The largest absolute Gasteiger partial charge is 0.437 e. The second kappa shape index (κ2) is 6.09. The summed E-state index contributed by atoms with van der Waals surface area (Å²) in [5.41, 5.74) is 2.14. The van der Waals surface area contributed by atoms with Crippen LogP contribution in [0.2, 0.25) is 0 Å². The standard InChI is InChI=1S/C16H12FN3O2/c17-12-7-5-11(6-8-12)9-19-22-16(21)20-15-10-18-14-4-2-1-3-13(14)15/h1-10,18H,(H,20,21)/b19-9+. The van der Waals surface area contributed by atoms with E-state index in [0.29, 0.717) is 11.3 Å². The molecule has 2 aromatic carbocycles. The number of benzene rings is 2. The van der Waals surface area contributed by atoms with Crippen LogP contribution in [0.4, 0.5) is 14.9 Å². The van der Waals surface area contributed by atoms with Gasteiger partial charge in [0, 0.05) is 17.1 Å². The van der Waals surface area contributed by atoms with Crippen LogP contribution in [0.3, 0.4) is 0 Å². The first-order chi connectivity index (χ1) is 10.7. The second-order valence-corrected chi connectivity index (χ2v) is 4.54. The number of hydrogen-bond acceptors (Lipinski definition) is 3. The Hall–Kier alpha value is -3.15. The number of fused-ring (bicyclic) bond motifs is 1. The van der Waals surface area contributed by atoms with Crippen molar-refractivity contribution in [3.05, 3.63) is 66.1 Å². The molecule has 3 aromatic rings. The Bertz CT molecular complexity index is 825. The molecule has 0 saturated carbocycles. The zero-order valence-corrected chi connectivity index (χ0v) is 11.4. The van der Waals surface area contributed by atoms with Crippen LogP contribution in [0.5, 0.6) is 0 Å². The highest BCUT2D eigenvalue weighted by Crippen LogP contribution is 2.22. The molecule has 0 spiro atoms. The molecule has 6 heteroatoms. The fraction of sp³-hybridized carbons (Fsp3) is 0. The number of anilines is 1. The highest BCUT2D eigenvalue weighted by atomic mass is 19.1. The SMILES string of the molecule is O=C(Nc1c[nH]c2ccccc12)O/N=C/c1ccc(F)cc1. The lowest BCUT2D eigenvalue weighted by Gasteiger charge is -2.00. The summed E-state index contributed by atoms with van der Waals surface area (Å²) >= 11 is 0. The van der Waals surface area contributed by atoms with E-state index in [2.05, 4.69) is 15.5 Å². The number of aromatic amines is 1. The van der Waals surface area contributed by atoms with Crippen molar-refractivity contribution >= 4 is 28.9 Å². The van der Waals surface area contributed by atoms with E-state index in [-0.39, 0.29) is 5.82 Å². The number of nitrogens with one attached hydrogen (secondary N) is 2. The minimum atomic E-state index is -0.705. The molecule has 0 aliphatic rings. The van der Waals surface area contributed by atoms with Crippen LogP contribution in [0.15, 0.2) is 59.9 Å². The lowest BCUT2D eigenvalue weighted by Crippen LogP contribution is -2.10. The third kappa shape index (κ3) is 3.12. The third-order valence-electron chi connectivity index (χ3n) is 3.03. The lowest BCUT2D eigenvalue weighted by molar-refractivity contribution is 0.167. The number of hydrogen-bond donors (Lipinski definition) is 2. The van der Waals surface area contributed by atoms with Gasteiger partial charge in [-0.25, -0.2) is 9.18 Å². The summed E-state index contributed by atoms with van der Waals surface area (Å²) in [6.45, 7) is 0. The molecule has 2 N–H and O–H groups in total. The number of carbonyl (C=O) groups excluding carboxylic acids is 1. The van der Waals surface area contributed by atoms with E-state index in [9.17, 15) is 9.18 Å². The van der Waals surface area contributed by atoms with Crippen molar-refractivity contribution in [1.82, 2.24) is 4.98 Å². The summed E-state index contributed by atoms with van der Waals surface area (Å²) in [4.78, 5) is 19.4. The molecule has 0 radical (unpaired) electrons. The average molecular weight is 297 g/mol. The van der Waals surface area contributed by atoms with Gasteiger partial charge in [-0.15, -0.1) is 0 Å². The molecule has 0 bridgehead atoms. The summed E-state index contributed by atoms with van der Waals surface area (Å²) in [7, 11) is 0. The average Bonchev–Trinajstić information content (AvgIpc) is 2.93. The van der Waals surface area contributed by atoms with Crippen LogP contribution in [0.25, 0.3) is 10.9 Å². The molecule has 0 saturated heterocycles. The van der Waals surface area contributed by atoms with Gasteiger partial charge in [-0.3, -0.25) is 10.2 Å². The van der Waals surface area contributed by atoms with Crippen molar-refractivity contribution in [2.45, 2.75) is 0 Å². The Labute approximate surface area is 125 Å². The van der Waals surface area contributed by atoms with E-state index in [0.717, 1.165) is 10.9 Å². The van der Waals surface area contributed by atoms with Crippen LogP contribution < -0.4 is 5.32 Å². The van der Waals surface area contributed by atoms with Crippen LogP contribution in [0.1, 0.15) is 5.56 Å². The molecule has 1 amide bonds. The van der Waals surface area contributed by atoms with Crippen LogP contribution in [-0.2, 0) is 4.84 Å². The maximum absolute atomic E-state index is 12.7. The van der Waals surface area contributed by atoms with Crippen molar-refractivity contribution < 1.29 is 14.0 Å². The van der Waals surface area contributed by atoms with Gasteiger partial charge in [-0.1, -0.05) is 35.5 Å². The highest BCUT2D eigenvalue weighted by molar-refractivity contribution is 5.99. The normalized spacial score (nSPS) is 11.0. The summed E-state index contributed by atoms with van der Waals surface area (Å²) in [6.07, 6.45) is 2.30. The molecule has 0 aliphatic heterocycles. The number of aromatic nitrogens is 1. The minimum absolute atomic E-state index is 0.338. The number of carbonyl (C=O) groups is 1. The van der Waals surface area contributed by atoms with Gasteiger partial charge in [-0.2, -0.15) is 0 Å². The number of rotatable bonds is 3. The molecule has 0 aliphatic carbocycles. The Morgan fingerprint density at radius 1 is 1.18 bits per heavy atom. The van der Waals surface area contributed by atoms with Gasteiger partial charge in [-0.05, 0) is 23.8 Å². The molecule has 0 atom stereocenters. The number of oxime groups is 1. The number of amides is 1. The monoisotopic (exact) mass is 297 g/mol. The van der Waals surface area contributed by atoms with Crippen molar-refractivity contribution in [1.29, 1.82) is 0 Å². The van der Waals surface area contributed by atoms with Crippen molar-refractivity contribution in [2.75, 3.05) is 5.32 Å². The number of H-pyrrole nitrogens is 1. The number of halogens is 1. The van der Waals surface area contributed by atoms with E-state index in [4.69, 9.17) is 4.84 Å². The minimum Gasteiger partial charge on any atom is -0.359 e.